The number of ether oxygens (including phenoxy) is 1. The molecule has 4 aromatic rings. The summed E-state index contributed by atoms with van der Waals surface area (Å²) < 4.78 is 37.0. The van der Waals surface area contributed by atoms with Crippen molar-refractivity contribution in [1.82, 2.24) is 19.7 Å². The molecule has 0 saturated carbocycles. The van der Waals surface area contributed by atoms with Crippen molar-refractivity contribution in [2.75, 3.05) is 7.11 Å². The van der Waals surface area contributed by atoms with E-state index in [1.54, 1.807) is 36.1 Å². The van der Waals surface area contributed by atoms with Gasteiger partial charge in [-0.25, -0.2) is 8.78 Å². The molecular formula is C23H18F2N4O2. The van der Waals surface area contributed by atoms with E-state index in [-0.39, 0.29) is 24.6 Å². The van der Waals surface area contributed by atoms with E-state index in [1.807, 2.05) is 12.3 Å². The van der Waals surface area contributed by atoms with E-state index in [2.05, 4.69) is 10.1 Å². The van der Waals surface area contributed by atoms with E-state index in [0.29, 0.717) is 33.7 Å². The second kappa shape index (κ2) is 7.16. The number of carbonyl (C=O) groups excluding carboxylic acids is 1. The lowest BCUT2D eigenvalue weighted by molar-refractivity contribution is 0.0763. The van der Waals surface area contributed by atoms with Crippen LogP contribution in [0.1, 0.15) is 21.6 Å². The molecule has 5 rings (SSSR count). The van der Waals surface area contributed by atoms with Crippen LogP contribution in [0.15, 0.2) is 48.8 Å². The zero-order chi connectivity index (χ0) is 21.7. The predicted molar refractivity (Wildman–Crippen MR) is 110 cm³/mol. The van der Waals surface area contributed by atoms with Crippen LogP contribution in [-0.2, 0) is 20.1 Å². The molecule has 0 aliphatic carbocycles. The normalized spacial score (nSPS) is 13.2. The third-order valence-electron chi connectivity index (χ3n) is 5.48. The van der Waals surface area contributed by atoms with Crippen LogP contribution in [0.3, 0.4) is 0 Å². The monoisotopic (exact) mass is 420 g/mol. The number of hydrogen-bond donors (Lipinski definition) is 0. The topological polar surface area (TPSA) is 60.2 Å². The number of aromatic nitrogens is 3. The summed E-state index contributed by atoms with van der Waals surface area (Å²) in [5.41, 5.74) is 2.58. The molecule has 0 bridgehead atoms. The Morgan fingerprint density at radius 2 is 1.87 bits per heavy atom. The van der Waals surface area contributed by atoms with Gasteiger partial charge in [-0.15, -0.1) is 0 Å². The van der Waals surface area contributed by atoms with E-state index in [1.165, 1.54) is 24.1 Å². The Balaban J connectivity index is 1.49. The number of amides is 1. The third-order valence-corrected chi connectivity index (χ3v) is 5.48. The van der Waals surface area contributed by atoms with Gasteiger partial charge >= 0.3 is 0 Å². The Kier molecular flexibility index (Phi) is 4.43. The maximum atomic E-state index is 15.0. The first-order chi connectivity index (χ1) is 14.9. The highest BCUT2D eigenvalue weighted by molar-refractivity contribution is 5.97. The minimum Gasteiger partial charge on any atom is -0.494 e. The van der Waals surface area contributed by atoms with Crippen LogP contribution in [0, 0.1) is 11.6 Å². The van der Waals surface area contributed by atoms with Crippen molar-refractivity contribution in [3.05, 3.63) is 77.2 Å². The van der Waals surface area contributed by atoms with E-state index in [4.69, 9.17) is 4.74 Å². The van der Waals surface area contributed by atoms with E-state index in [9.17, 15) is 13.6 Å². The van der Waals surface area contributed by atoms with Crippen molar-refractivity contribution < 1.29 is 18.3 Å². The van der Waals surface area contributed by atoms with Gasteiger partial charge in [0, 0.05) is 30.4 Å². The molecule has 0 radical (unpaired) electrons. The lowest BCUT2D eigenvalue weighted by atomic mass is 10.0. The van der Waals surface area contributed by atoms with Gasteiger partial charge in [-0.2, -0.15) is 5.10 Å². The standard InChI is InChI=1S/C23H18F2N4O2/c1-28-10-15-6-13(9-21(31-2)22(15)27-28)14-7-18(24)17(19(25)8-14)11-29-12-20-16(23(29)30)4-3-5-26-20/h3-10H,11-12H2,1-2H3. The fraction of sp³-hybridized carbons (Fsp3) is 0.174. The van der Waals surface area contributed by atoms with Crippen molar-refractivity contribution >= 4 is 16.8 Å². The molecule has 0 atom stereocenters. The Morgan fingerprint density at radius 1 is 1.13 bits per heavy atom. The molecule has 2 aromatic heterocycles. The van der Waals surface area contributed by atoms with Gasteiger partial charge in [0.2, 0.25) is 0 Å². The van der Waals surface area contributed by atoms with Gasteiger partial charge < -0.3 is 9.64 Å². The first kappa shape index (κ1) is 19.2. The van der Waals surface area contributed by atoms with Crippen LogP contribution in [0.4, 0.5) is 8.78 Å². The number of hydrogen-bond acceptors (Lipinski definition) is 4. The number of carbonyl (C=O) groups is 1. The van der Waals surface area contributed by atoms with Crippen LogP contribution in [0.2, 0.25) is 0 Å². The number of aryl methyl sites for hydroxylation is 1. The quantitative estimate of drug-likeness (QED) is 0.499. The van der Waals surface area contributed by atoms with E-state index < -0.39 is 11.6 Å². The van der Waals surface area contributed by atoms with Gasteiger partial charge in [-0.05, 0) is 47.5 Å². The summed E-state index contributed by atoms with van der Waals surface area (Å²) in [5, 5.41) is 5.15. The number of methoxy groups -OCH3 is 1. The van der Waals surface area contributed by atoms with Gasteiger partial charge in [-0.3, -0.25) is 14.5 Å². The van der Waals surface area contributed by atoms with Gasteiger partial charge in [0.25, 0.3) is 5.91 Å². The zero-order valence-corrected chi connectivity index (χ0v) is 16.9. The first-order valence-electron chi connectivity index (χ1n) is 9.67. The molecule has 8 heteroatoms. The average molecular weight is 420 g/mol. The summed E-state index contributed by atoms with van der Waals surface area (Å²) in [5.74, 6) is -1.18. The molecule has 0 N–H and O–H groups in total. The van der Waals surface area contributed by atoms with Gasteiger partial charge in [0.05, 0.1) is 31.5 Å². The summed E-state index contributed by atoms with van der Waals surface area (Å²) in [6.45, 7) is 0.0581. The molecule has 0 spiro atoms. The van der Waals surface area contributed by atoms with Crippen molar-refractivity contribution in [1.29, 1.82) is 0 Å². The van der Waals surface area contributed by atoms with E-state index in [0.717, 1.165) is 5.39 Å². The van der Waals surface area contributed by atoms with Crippen molar-refractivity contribution in [3.8, 4) is 16.9 Å². The molecule has 0 fully saturated rings. The SMILES string of the molecule is COc1cc(-c2cc(F)c(CN3Cc4ncccc4C3=O)c(F)c2)cc2cn(C)nc12. The molecule has 1 aliphatic heterocycles. The number of rotatable bonds is 4. The molecule has 6 nitrogen and oxygen atoms in total. The molecular weight excluding hydrogens is 402 g/mol. The van der Waals surface area contributed by atoms with Crippen LogP contribution >= 0.6 is 0 Å². The number of nitrogens with zero attached hydrogens (tertiary/aromatic N) is 4. The summed E-state index contributed by atoms with van der Waals surface area (Å²) in [6.07, 6.45) is 3.41. The highest BCUT2D eigenvalue weighted by atomic mass is 19.1. The fourth-order valence-corrected chi connectivity index (χ4v) is 3.97. The lowest BCUT2D eigenvalue weighted by Crippen LogP contribution is -2.24. The van der Waals surface area contributed by atoms with Gasteiger partial charge in [-0.1, -0.05) is 0 Å². The lowest BCUT2D eigenvalue weighted by Gasteiger charge is -2.17. The van der Waals surface area contributed by atoms with Crippen molar-refractivity contribution in [3.63, 3.8) is 0 Å². The van der Waals surface area contributed by atoms with Crippen LogP contribution in [0.5, 0.6) is 5.75 Å². The molecule has 1 aliphatic rings. The van der Waals surface area contributed by atoms with E-state index >= 15 is 0 Å². The highest BCUT2D eigenvalue weighted by Crippen LogP contribution is 2.33. The zero-order valence-electron chi connectivity index (χ0n) is 16.9. The Hall–Kier alpha value is -3.81. The largest absolute Gasteiger partial charge is 0.494 e. The van der Waals surface area contributed by atoms with Crippen molar-refractivity contribution in [2.24, 2.45) is 7.05 Å². The van der Waals surface area contributed by atoms with Gasteiger partial charge in [0.1, 0.15) is 22.9 Å². The maximum Gasteiger partial charge on any atom is 0.256 e. The minimum absolute atomic E-state index is 0.153. The number of fused-ring (bicyclic) bond motifs is 2. The second-order valence-corrected chi connectivity index (χ2v) is 7.50. The Bertz CT molecular complexity index is 1330. The molecule has 1 amide bonds. The average Bonchev–Trinajstić information content (AvgIpc) is 3.28. The van der Waals surface area contributed by atoms with Crippen LogP contribution in [0.25, 0.3) is 22.0 Å². The molecule has 31 heavy (non-hydrogen) atoms. The Morgan fingerprint density at radius 3 is 2.58 bits per heavy atom. The molecule has 2 aromatic carbocycles. The third kappa shape index (κ3) is 3.20. The maximum absolute atomic E-state index is 15.0. The summed E-state index contributed by atoms with van der Waals surface area (Å²) in [4.78, 5) is 18.1. The number of pyridine rings is 1. The second-order valence-electron chi connectivity index (χ2n) is 7.50. The molecule has 156 valence electrons. The van der Waals surface area contributed by atoms with Gasteiger partial charge in [0.15, 0.2) is 0 Å². The fourth-order valence-electron chi connectivity index (χ4n) is 3.97. The molecule has 0 saturated heterocycles. The highest BCUT2D eigenvalue weighted by Gasteiger charge is 2.29. The minimum atomic E-state index is -0.711. The van der Waals surface area contributed by atoms with Crippen LogP contribution < -0.4 is 4.74 Å². The number of benzene rings is 2. The Labute approximate surface area is 176 Å². The molecule has 3 heterocycles. The smallest absolute Gasteiger partial charge is 0.256 e. The predicted octanol–water partition coefficient (Wildman–Crippen LogP) is 4.08. The summed E-state index contributed by atoms with van der Waals surface area (Å²) in [7, 11) is 3.32. The van der Waals surface area contributed by atoms with Crippen LogP contribution in [-0.4, -0.2) is 32.7 Å². The number of halogens is 2. The van der Waals surface area contributed by atoms with Crippen molar-refractivity contribution in [2.45, 2.75) is 13.1 Å². The molecule has 0 unspecified atom stereocenters. The summed E-state index contributed by atoms with van der Waals surface area (Å²) in [6, 6.07) is 9.41. The summed E-state index contributed by atoms with van der Waals surface area (Å²) >= 11 is 0. The first-order valence-corrected chi connectivity index (χ1v) is 9.67.